The SMILES string of the molecule is O=C(C1CCN(CC(O)COc2ccc3ccccc3n2)CC1)N(c1ccccc1)c1ccccc1. The number of aliphatic hydroxyl groups is 1. The number of rotatable bonds is 8. The van der Waals surface area contributed by atoms with Gasteiger partial charge in [0.1, 0.15) is 12.7 Å². The van der Waals surface area contributed by atoms with E-state index in [0.29, 0.717) is 12.4 Å². The van der Waals surface area contributed by atoms with Gasteiger partial charge in [-0.1, -0.05) is 54.6 Å². The second-order valence-electron chi connectivity index (χ2n) is 9.23. The third-order valence-electron chi connectivity index (χ3n) is 6.65. The van der Waals surface area contributed by atoms with Crippen molar-refractivity contribution in [1.29, 1.82) is 0 Å². The van der Waals surface area contributed by atoms with Gasteiger partial charge < -0.3 is 14.7 Å². The van der Waals surface area contributed by atoms with Crippen LogP contribution in [0.2, 0.25) is 0 Å². The molecule has 184 valence electrons. The number of aromatic nitrogens is 1. The number of benzene rings is 3. The molecule has 1 atom stereocenters. The van der Waals surface area contributed by atoms with E-state index in [0.717, 1.165) is 48.2 Å². The molecule has 1 aromatic heterocycles. The summed E-state index contributed by atoms with van der Waals surface area (Å²) in [5.41, 5.74) is 2.63. The number of aliphatic hydroxyl groups excluding tert-OH is 1. The number of hydrogen-bond acceptors (Lipinski definition) is 5. The fourth-order valence-electron chi connectivity index (χ4n) is 4.76. The maximum absolute atomic E-state index is 13.6. The number of hydrogen-bond donors (Lipinski definition) is 1. The lowest BCUT2D eigenvalue weighted by molar-refractivity contribution is -0.123. The number of amides is 1. The van der Waals surface area contributed by atoms with Crippen LogP contribution in [-0.4, -0.2) is 53.2 Å². The van der Waals surface area contributed by atoms with Gasteiger partial charge in [0, 0.05) is 35.3 Å². The van der Waals surface area contributed by atoms with Crippen LogP contribution in [0.15, 0.2) is 97.1 Å². The molecule has 0 bridgehead atoms. The fourth-order valence-corrected chi connectivity index (χ4v) is 4.76. The molecule has 1 saturated heterocycles. The Hall–Kier alpha value is -3.74. The van der Waals surface area contributed by atoms with E-state index < -0.39 is 6.10 Å². The number of pyridine rings is 1. The lowest BCUT2D eigenvalue weighted by Crippen LogP contribution is -2.44. The van der Waals surface area contributed by atoms with Crippen molar-refractivity contribution in [3.63, 3.8) is 0 Å². The predicted octanol–water partition coefficient (Wildman–Crippen LogP) is 5.05. The number of ether oxygens (including phenoxy) is 1. The first kappa shape index (κ1) is 24.0. The van der Waals surface area contributed by atoms with Gasteiger partial charge in [0.2, 0.25) is 11.8 Å². The van der Waals surface area contributed by atoms with Crippen LogP contribution in [0.1, 0.15) is 12.8 Å². The van der Waals surface area contributed by atoms with E-state index in [-0.39, 0.29) is 18.4 Å². The number of fused-ring (bicyclic) bond motifs is 1. The molecule has 0 saturated carbocycles. The molecule has 6 heteroatoms. The highest BCUT2D eigenvalue weighted by atomic mass is 16.5. The van der Waals surface area contributed by atoms with Crippen molar-refractivity contribution in [1.82, 2.24) is 9.88 Å². The van der Waals surface area contributed by atoms with Crippen LogP contribution in [0.3, 0.4) is 0 Å². The number of carbonyl (C=O) groups is 1. The Bertz CT molecular complexity index is 1230. The number of β-amino-alcohol motifs (C(OH)–C–C–N with tert-alkyl or cyclic N) is 1. The maximum atomic E-state index is 13.6. The number of anilines is 2. The molecule has 1 unspecified atom stereocenters. The van der Waals surface area contributed by atoms with Crippen LogP contribution in [0, 0.1) is 5.92 Å². The summed E-state index contributed by atoms with van der Waals surface area (Å²) in [5, 5.41) is 11.6. The molecule has 5 rings (SSSR count). The van der Waals surface area contributed by atoms with Crippen molar-refractivity contribution in [2.75, 3.05) is 31.1 Å². The number of likely N-dealkylation sites (tertiary alicyclic amines) is 1. The smallest absolute Gasteiger partial charge is 0.234 e. The van der Waals surface area contributed by atoms with Crippen molar-refractivity contribution in [2.45, 2.75) is 18.9 Å². The lowest BCUT2D eigenvalue weighted by atomic mass is 9.94. The summed E-state index contributed by atoms with van der Waals surface area (Å²) in [6.45, 7) is 2.22. The van der Waals surface area contributed by atoms with E-state index in [1.54, 1.807) is 0 Å². The summed E-state index contributed by atoms with van der Waals surface area (Å²) >= 11 is 0. The second kappa shape index (κ2) is 11.3. The number of carbonyl (C=O) groups excluding carboxylic acids is 1. The number of nitrogens with zero attached hydrogens (tertiary/aromatic N) is 3. The Morgan fingerprint density at radius 2 is 1.50 bits per heavy atom. The van der Waals surface area contributed by atoms with Crippen molar-refractivity contribution in [2.24, 2.45) is 5.92 Å². The first-order valence-corrected chi connectivity index (χ1v) is 12.5. The molecule has 4 aromatic rings. The molecule has 1 amide bonds. The molecule has 0 aliphatic carbocycles. The first-order valence-electron chi connectivity index (χ1n) is 12.5. The zero-order valence-electron chi connectivity index (χ0n) is 20.2. The van der Waals surface area contributed by atoms with Gasteiger partial charge in [-0.25, -0.2) is 4.98 Å². The van der Waals surface area contributed by atoms with E-state index in [1.165, 1.54) is 0 Å². The summed E-state index contributed by atoms with van der Waals surface area (Å²) in [4.78, 5) is 22.2. The van der Waals surface area contributed by atoms with Crippen LogP contribution >= 0.6 is 0 Å². The van der Waals surface area contributed by atoms with Gasteiger partial charge in [-0.15, -0.1) is 0 Å². The molecule has 36 heavy (non-hydrogen) atoms. The van der Waals surface area contributed by atoms with E-state index in [2.05, 4.69) is 9.88 Å². The summed E-state index contributed by atoms with van der Waals surface area (Å²) in [5.74, 6) is 0.578. The molecule has 0 spiro atoms. The van der Waals surface area contributed by atoms with Crippen molar-refractivity contribution >= 4 is 28.2 Å². The molecule has 1 aliphatic rings. The van der Waals surface area contributed by atoms with Crippen molar-refractivity contribution in [3.05, 3.63) is 97.1 Å². The van der Waals surface area contributed by atoms with Gasteiger partial charge in [0.25, 0.3) is 0 Å². The van der Waals surface area contributed by atoms with Gasteiger partial charge in [-0.2, -0.15) is 0 Å². The van der Waals surface area contributed by atoms with Gasteiger partial charge in [-0.05, 0) is 62.3 Å². The molecule has 1 aliphatic heterocycles. The summed E-state index contributed by atoms with van der Waals surface area (Å²) in [7, 11) is 0. The summed E-state index contributed by atoms with van der Waals surface area (Å²) in [6, 6.07) is 31.3. The normalized spacial score (nSPS) is 15.5. The third kappa shape index (κ3) is 5.73. The van der Waals surface area contributed by atoms with Crippen molar-refractivity contribution < 1.29 is 14.6 Å². The average molecular weight is 482 g/mol. The summed E-state index contributed by atoms with van der Waals surface area (Å²) < 4.78 is 5.76. The van der Waals surface area contributed by atoms with Gasteiger partial charge in [0.15, 0.2) is 0 Å². The number of para-hydroxylation sites is 3. The Balaban J connectivity index is 1.15. The van der Waals surface area contributed by atoms with Crippen LogP contribution < -0.4 is 9.64 Å². The Morgan fingerprint density at radius 1 is 0.889 bits per heavy atom. The Kier molecular flexibility index (Phi) is 7.55. The van der Waals surface area contributed by atoms with E-state index >= 15 is 0 Å². The minimum atomic E-state index is -0.629. The Labute approximate surface area is 211 Å². The minimum absolute atomic E-state index is 0.0585. The average Bonchev–Trinajstić information content (AvgIpc) is 2.93. The van der Waals surface area contributed by atoms with Crippen LogP contribution in [-0.2, 0) is 4.79 Å². The van der Waals surface area contributed by atoms with Crippen LogP contribution in [0.4, 0.5) is 11.4 Å². The summed E-state index contributed by atoms with van der Waals surface area (Å²) in [6.07, 6.45) is 0.888. The molecular formula is C30H31N3O3. The molecule has 1 fully saturated rings. The molecule has 1 N–H and O–H groups in total. The van der Waals surface area contributed by atoms with Gasteiger partial charge in [-0.3, -0.25) is 9.69 Å². The zero-order valence-corrected chi connectivity index (χ0v) is 20.2. The molecule has 6 nitrogen and oxygen atoms in total. The van der Waals surface area contributed by atoms with Crippen molar-refractivity contribution in [3.8, 4) is 5.88 Å². The molecule has 3 aromatic carbocycles. The largest absolute Gasteiger partial charge is 0.475 e. The molecule has 0 radical (unpaired) electrons. The molecule has 2 heterocycles. The van der Waals surface area contributed by atoms with E-state index in [9.17, 15) is 9.90 Å². The zero-order chi connectivity index (χ0) is 24.7. The Morgan fingerprint density at radius 3 is 2.17 bits per heavy atom. The number of piperidine rings is 1. The first-order chi connectivity index (χ1) is 17.7. The van der Waals surface area contributed by atoms with E-state index in [1.807, 2.05) is 102 Å². The highest BCUT2D eigenvalue weighted by Gasteiger charge is 2.30. The molecular weight excluding hydrogens is 450 g/mol. The van der Waals surface area contributed by atoms with Gasteiger partial charge >= 0.3 is 0 Å². The van der Waals surface area contributed by atoms with Crippen LogP contribution in [0.25, 0.3) is 10.9 Å². The predicted molar refractivity (Wildman–Crippen MR) is 142 cm³/mol. The highest BCUT2D eigenvalue weighted by molar-refractivity contribution is 6.01. The van der Waals surface area contributed by atoms with Crippen LogP contribution in [0.5, 0.6) is 5.88 Å². The van der Waals surface area contributed by atoms with E-state index in [4.69, 9.17) is 4.74 Å². The third-order valence-corrected chi connectivity index (χ3v) is 6.65. The topological polar surface area (TPSA) is 65.9 Å². The standard InChI is InChI=1S/C30H31N3O3/c34-27(22-36-29-16-15-23-9-7-8-14-28(23)31-29)21-32-19-17-24(18-20-32)30(35)33(25-10-3-1-4-11-25)26-12-5-2-6-13-26/h1-16,24,27,34H,17-22H2. The quantitative estimate of drug-likeness (QED) is 0.381. The lowest BCUT2D eigenvalue weighted by Gasteiger charge is -2.35. The van der Waals surface area contributed by atoms with Gasteiger partial charge in [0.05, 0.1) is 5.52 Å². The maximum Gasteiger partial charge on any atom is 0.234 e. The fraction of sp³-hybridized carbons (Fsp3) is 0.267. The second-order valence-corrected chi connectivity index (χ2v) is 9.23. The monoisotopic (exact) mass is 481 g/mol. The highest BCUT2D eigenvalue weighted by Crippen LogP contribution is 2.30. The minimum Gasteiger partial charge on any atom is -0.475 e.